The Kier molecular flexibility index (Phi) is 9.37. The molecule has 0 aromatic rings. The van der Waals surface area contributed by atoms with Crippen LogP contribution in [0.3, 0.4) is 0 Å². The van der Waals surface area contributed by atoms with Crippen molar-refractivity contribution in [2.75, 3.05) is 13.2 Å². The first-order chi connectivity index (χ1) is 15.6. The Hall–Kier alpha value is -1.46. The van der Waals surface area contributed by atoms with E-state index in [4.69, 9.17) is 9.47 Å². The second-order valence-electron chi connectivity index (χ2n) is 13.8. The van der Waals surface area contributed by atoms with Gasteiger partial charge in [-0.15, -0.1) is 0 Å². The fourth-order valence-electron chi connectivity index (χ4n) is 6.91. The molecule has 0 aromatic carbocycles. The lowest BCUT2D eigenvalue weighted by molar-refractivity contribution is 0.0530. The van der Waals surface area contributed by atoms with E-state index in [-0.39, 0.29) is 65.1 Å². The highest BCUT2D eigenvalue weighted by Crippen LogP contribution is 2.48. The molecule has 198 valence electrons. The molecule has 2 aliphatic rings. The maximum atomic E-state index is 12.4. The molecule has 0 aromatic heterocycles. The first kappa shape index (κ1) is 28.8. The standard InChI is InChI=1S/C28H52N2O4/c1-10-27(8)14-21(12-25(4,5)18-27)29-23(31)33-16-20(3)17-34-24(32)30-22-13-26(6,7)19-28(9,11-2)15-22/h20-22H,10-19H2,1-9H3,(H,29,31)(H,30,32). The van der Waals surface area contributed by atoms with Crippen LogP contribution < -0.4 is 10.6 Å². The number of carbonyl (C=O) groups is 2. The van der Waals surface area contributed by atoms with Gasteiger partial charge in [0.25, 0.3) is 0 Å². The number of hydrogen-bond donors (Lipinski definition) is 2. The quantitative estimate of drug-likeness (QED) is 0.390. The molecule has 0 aliphatic heterocycles. The van der Waals surface area contributed by atoms with E-state index in [1.807, 2.05) is 6.92 Å². The number of rotatable bonds is 8. The van der Waals surface area contributed by atoms with Crippen LogP contribution in [0.5, 0.6) is 0 Å². The van der Waals surface area contributed by atoms with Gasteiger partial charge in [0.1, 0.15) is 0 Å². The zero-order chi connectivity index (χ0) is 25.8. The van der Waals surface area contributed by atoms with E-state index in [0.717, 1.165) is 38.5 Å². The third-order valence-electron chi connectivity index (χ3n) is 8.24. The van der Waals surface area contributed by atoms with Crippen LogP contribution in [0, 0.1) is 27.6 Å². The van der Waals surface area contributed by atoms with Crippen molar-refractivity contribution in [3.8, 4) is 0 Å². The fraction of sp³-hybridized carbons (Fsp3) is 0.929. The van der Waals surface area contributed by atoms with Crippen LogP contribution in [0.2, 0.25) is 0 Å². The summed E-state index contributed by atoms with van der Waals surface area (Å²) >= 11 is 0. The van der Waals surface area contributed by atoms with Crippen LogP contribution in [-0.2, 0) is 9.47 Å². The summed E-state index contributed by atoms with van der Waals surface area (Å²) in [6, 6.07) is 0.263. The van der Waals surface area contributed by atoms with Crippen molar-refractivity contribution in [3.05, 3.63) is 0 Å². The van der Waals surface area contributed by atoms with Crippen LogP contribution in [-0.4, -0.2) is 37.5 Å². The molecule has 0 heterocycles. The van der Waals surface area contributed by atoms with E-state index in [0.29, 0.717) is 0 Å². The summed E-state index contributed by atoms with van der Waals surface area (Å²) in [5, 5.41) is 6.16. The molecule has 2 amide bonds. The maximum absolute atomic E-state index is 12.4. The number of carbonyl (C=O) groups excluding carboxylic acids is 2. The molecular formula is C28H52N2O4. The third kappa shape index (κ3) is 8.96. The average molecular weight is 481 g/mol. The van der Waals surface area contributed by atoms with Crippen molar-refractivity contribution in [3.63, 3.8) is 0 Å². The van der Waals surface area contributed by atoms with Gasteiger partial charge in [0.15, 0.2) is 0 Å². The topological polar surface area (TPSA) is 76.7 Å². The molecule has 4 unspecified atom stereocenters. The van der Waals surface area contributed by atoms with Crippen molar-refractivity contribution in [1.82, 2.24) is 10.6 Å². The smallest absolute Gasteiger partial charge is 0.407 e. The maximum Gasteiger partial charge on any atom is 0.407 e. The van der Waals surface area contributed by atoms with Crippen LogP contribution >= 0.6 is 0 Å². The molecule has 34 heavy (non-hydrogen) atoms. The molecule has 0 radical (unpaired) electrons. The average Bonchev–Trinajstić information content (AvgIpc) is 2.67. The van der Waals surface area contributed by atoms with E-state index in [9.17, 15) is 9.59 Å². The monoisotopic (exact) mass is 480 g/mol. The lowest BCUT2D eigenvalue weighted by Gasteiger charge is -2.46. The molecule has 6 heteroatoms. The summed E-state index contributed by atoms with van der Waals surface area (Å²) in [6.45, 7) is 20.6. The van der Waals surface area contributed by atoms with Gasteiger partial charge in [0.05, 0.1) is 13.2 Å². The van der Waals surface area contributed by atoms with Crippen molar-refractivity contribution in [1.29, 1.82) is 0 Å². The SMILES string of the molecule is CCC1(C)CC(NC(=O)OCC(C)COC(=O)NC2CC(C)(C)CC(C)(CC)C2)CC(C)(C)C1. The molecule has 2 fully saturated rings. The lowest BCUT2D eigenvalue weighted by Crippen LogP contribution is -2.47. The summed E-state index contributed by atoms with van der Waals surface area (Å²) in [7, 11) is 0. The van der Waals surface area contributed by atoms with E-state index in [1.54, 1.807) is 0 Å². The summed E-state index contributed by atoms with van der Waals surface area (Å²) in [4.78, 5) is 24.8. The Morgan fingerprint density at radius 1 is 0.735 bits per heavy atom. The molecule has 0 spiro atoms. The summed E-state index contributed by atoms with van der Waals surface area (Å²) in [5.41, 5.74) is 0.904. The minimum atomic E-state index is -0.374. The molecule has 4 atom stereocenters. The van der Waals surface area contributed by atoms with Crippen molar-refractivity contribution in [2.45, 2.75) is 126 Å². The largest absolute Gasteiger partial charge is 0.449 e. The van der Waals surface area contributed by atoms with E-state index in [2.05, 4.69) is 66.0 Å². The minimum Gasteiger partial charge on any atom is -0.449 e. The third-order valence-corrected chi connectivity index (χ3v) is 8.24. The van der Waals surface area contributed by atoms with Gasteiger partial charge in [-0.3, -0.25) is 0 Å². The van der Waals surface area contributed by atoms with Gasteiger partial charge in [0, 0.05) is 18.0 Å². The van der Waals surface area contributed by atoms with Crippen molar-refractivity contribution < 1.29 is 19.1 Å². The Morgan fingerprint density at radius 3 is 1.41 bits per heavy atom. The van der Waals surface area contributed by atoms with Gasteiger partial charge < -0.3 is 20.1 Å². The number of amides is 2. The molecule has 6 nitrogen and oxygen atoms in total. The first-order valence-corrected chi connectivity index (χ1v) is 13.4. The molecule has 0 bridgehead atoms. The highest BCUT2D eigenvalue weighted by atomic mass is 16.6. The van der Waals surface area contributed by atoms with Crippen LogP contribution in [0.25, 0.3) is 0 Å². The lowest BCUT2D eigenvalue weighted by atomic mass is 9.62. The van der Waals surface area contributed by atoms with Crippen LogP contribution in [0.15, 0.2) is 0 Å². The zero-order valence-corrected chi connectivity index (χ0v) is 23.4. The normalized spacial score (nSPS) is 33.4. The molecular weight excluding hydrogens is 428 g/mol. The molecule has 0 saturated heterocycles. The predicted octanol–water partition coefficient (Wildman–Crippen LogP) is 7.06. The Morgan fingerprint density at radius 2 is 1.09 bits per heavy atom. The Labute approximate surface area is 208 Å². The molecule has 2 rings (SSSR count). The van der Waals surface area contributed by atoms with Crippen LogP contribution in [0.4, 0.5) is 9.59 Å². The van der Waals surface area contributed by atoms with Gasteiger partial charge in [-0.2, -0.15) is 0 Å². The van der Waals surface area contributed by atoms with Crippen molar-refractivity contribution in [2.24, 2.45) is 27.6 Å². The van der Waals surface area contributed by atoms with E-state index >= 15 is 0 Å². The first-order valence-electron chi connectivity index (χ1n) is 13.4. The number of alkyl carbamates (subject to hydrolysis) is 2. The van der Waals surface area contributed by atoms with Gasteiger partial charge in [-0.25, -0.2) is 9.59 Å². The number of nitrogens with one attached hydrogen (secondary N) is 2. The van der Waals surface area contributed by atoms with E-state index in [1.165, 1.54) is 12.8 Å². The minimum absolute atomic E-state index is 0.0658. The summed E-state index contributed by atoms with van der Waals surface area (Å²) in [6.07, 6.45) is 7.71. The molecule has 2 aliphatic carbocycles. The number of hydrogen-bond acceptors (Lipinski definition) is 4. The fourth-order valence-corrected chi connectivity index (χ4v) is 6.91. The predicted molar refractivity (Wildman–Crippen MR) is 138 cm³/mol. The van der Waals surface area contributed by atoms with Crippen LogP contribution in [0.1, 0.15) is 114 Å². The van der Waals surface area contributed by atoms with Gasteiger partial charge >= 0.3 is 12.2 Å². The van der Waals surface area contributed by atoms with Gasteiger partial charge in [0.2, 0.25) is 0 Å². The Bertz CT molecular complexity index is 649. The summed E-state index contributed by atoms with van der Waals surface area (Å²) in [5.74, 6) is -0.0658. The number of ether oxygens (including phenoxy) is 2. The second-order valence-corrected chi connectivity index (χ2v) is 13.8. The second kappa shape index (κ2) is 11.1. The zero-order valence-electron chi connectivity index (χ0n) is 23.4. The summed E-state index contributed by atoms with van der Waals surface area (Å²) < 4.78 is 10.9. The molecule has 2 saturated carbocycles. The molecule has 2 N–H and O–H groups in total. The van der Waals surface area contributed by atoms with Crippen molar-refractivity contribution >= 4 is 12.2 Å². The Balaban J connectivity index is 1.72. The highest BCUT2D eigenvalue weighted by Gasteiger charge is 2.42. The van der Waals surface area contributed by atoms with E-state index < -0.39 is 0 Å². The van der Waals surface area contributed by atoms with Gasteiger partial charge in [-0.1, -0.05) is 75.2 Å². The van der Waals surface area contributed by atoms with Gasteiger partial charge in [-0.05, 0) is 60.2 Å². The highest BCUT2D eigenvalue weighted by molar-refractivity contribution is 5.68.